The molecule has 0 atom stereocenters. The second-order valence-corrected chi connectivity index (χ2v) is 1.96. The number of anilines is 1. The lowest BCUT2D eigenvalue weighted by atomic mass is 10.3. The average molecular weight is 237 g/mol. The van der Waals surface area contributed by atoms with Crippen LogP contribution in [0.3, 0.4) is 0 Å². The lowest BCUT2D eigenvalue weighted by Gasteiger charge is -2.06. The van der Waals surface area contributed by atoms with Gasteiger partial charge in [0.05, 0.1) is 7.11 Å². The second kappa shape index (κ2) is 4.95. The van der Waals surface area contributed by atoms with Gasteiger partial charge in [0, 0.05) is 0 Å². The molecule has 12 heavy (non-hydrogen) atoms. The van der Waals surface area contributed by atoms with Gasteiger partial charge < -0.3 is 10.2 Å². The number of hydrogen-bond acceptors (Lipinski definition) is 3. The van der Waals surface area contributed by atoms with Crippen molar-refractivity contribution < 1.29 is 9.13 Å². The SMILES string of the molecule is Br.COc1cccc(F)c1NN. The summed E-state index contributed by atoms with van der Waals surface area (Å²) in [6.07, 6.45) is 0. The molecule has 0 radical (unpaired) electrons. The Morgan fingerprint density at radius 3 is 2.58 bits per heavy atom. The summed E-state index contributed by atoms with van der Waals surface area (Å²) < 4.78 is 17.6. The molecule has 0 saturated carbocycles. The summed E-state index contributed by atoms with van der Waals surface area (Å²) >= 11 is 0. The predicted octanol–water partition coefficient (Wildman–Crippen LogP) is 1.70. The zero-order valence-corrected chi connectivity index (χ0v) is 8.22. The van der Waals surface area contributed by atoms with Gasteiger partial charge in [0.15, 0.2) is 5.82 Å². The molecule has 0 fully saturated rings. The summed E-state index contributed by atoms with van der Waals surface area (Å²) in [6, 6.07) is 4.48. The van der Waals surface area contributed by atoms with Gasteiger partial charge in [0.2, 0.25) is 0 Å². The molecule has 5 heteroatoms. The van der Waals surface area contributed by atoms with E-state index in [4.69, 9.17) is 10.6 Å². The van der Waals surface area contributed by atoms with Crippen LogP contribution in [0, 0.1) is 5.82 Å². The van der Waals surface area contributed by atoms with Crippen molar-refractivity contribution in [1.82, 2.24) is 0 Å². The number of hydrogen-bond donors (Lipinski definition) is 2. The Balaban J connectivity index is 0.00000121. The van der Waals surface area contributed by atoms with E-state index in [2.05, 4.69) is 5.43 Å². The van der Waals surface area contributed by atoms with Crippen molar-refractivity contribution in [3.63, 3.8) is 0 Å². The van der Waals surface area contributed by atoms with Gasteiger partial charge in [-0.2, -0.15) is 0 Å². The molecule has 0 saturated heterocycles. The van der Waals surface area contributed by atoms with E-state index in [-0.39, 0.29) is 22.7 Å². The molecule has 3 N–H and O–H groups in total. The third-order valence-corrected chi connectivity index (χ3v) is 1.34. The van der Waals surface area contributed by atoms with Crippen LogP contribution in [0.25, 0.3) is 0 Å². The molecule has 0 aliphatic rings. The van der Waals surface area contributed by atoms with Crippen LogP contribution >= 0.6 is 17.0 Å². The zero-order chi connectivity index (χ0) is 8.27. The lowest BCUT2D eigenvalue weighted by Crippen LogP contribution is -2.09. The van der Waals surface area contributed by atoms with E-state index in [0.717, 1.165) is 0 Å². The summed E-state index contributed by atoms with van der Waals surface area (Å²) in [4.78, 5) is 0. The van der Waals surface area contributed by atoms with Crippen molar-refractivity contribution in [3.8, 4) is 5.75 Å². The molecule has 0 amide bonds. The average Bonchev–Trinajstić information content (AvgIpc) is 2.04. The number of para-hydroxylation sites is 1. The van der Waals surface area contributed by atoms with Gasteiger partial charge in [-0.1, -0.05) is 6.07 Å². The standard InChI is InChI=1S/C7H9FN2O.BrH/c1-11-6-4-2-3-5(8)7(6)10-9;/h2-4,10H,9H2,1H3;1H. The maximum absolute atomic E-state index is 12.8. The molecule has 0 aromatic heterocycles. The number of ether oxygens (including phenoxy) is 1. The maximum atomic E-state index is 12.8. The smallest absolute Gasteiger partial charge is 0.151 e. The van der Waals surface area contributed by atoms with Gasteiger partial charge in [-0.05, 0) is 12.1 Å². The van der Waals surface area contributed by atoms with Crippen molar-refractivity contribution in [2.75, 3.05) is 12.5 Å². The molecule has 1 aromatic carbocycles. The van der Waals surface area contributed by atoms with Crippen molar-refractivity contribution in [3.05, 3.63) is 24.0 Å². The van der Waals surface area contributed by atoms with Gasteiger partial charge in [-0.15, -0.1) is 17.0 Å². The van der Waals surface area contributed by atoms with E-state index in [1.165, 1.54) is 13.2 Å². The summed E-state index contributed by atoms with van der Waals surface area (Å²) in [5.41, 5.74) is 2.39. The first kappa shape index (κ1) is 11.2. The van der Waals surface area contributed by atoms with Crippen LogP contribution < -0.4 is 16.0 Å². The number of nitrogen functional groups attached to an aromatic ring is 1. The molecule has 1 rings (SSSR count). The minimum Gasteiger partial charge on any atom is -0.494 e. The summed E-state index contributed by atoms with van der Waals surface area (Å²) in [5.74, 6) is 5.03. The highest BCUT2D eigenvalue weighted by atomic mass is 79.9. The number of nitrogens with one attached hydrogen (secondary N) is 1. The Hall–Kier alpha value is -0.810. The molecule has 3 nitrogen and oxygen atoms in total. The highest BCUT2D eigenvalue weighted by molar-refractivity contribution is 8.93. The summed E-state index contributed by atoms with van der Waals surface area (Å²) in [7, 11) is 1.45. The predicted molar refractivity (Wildman–Crippen MR) is 51.1 cm³/mol. The van der Waals surface area contributed by atoms with E-state index >= 15 is 0 Å². The van der Waals surface area contributed by atoms with Gasteiger partial charge in [-0.25, -0.2) is 4.39 Å². The van der Waals surface area contributed by atoms with Gasteiger partial charge in [0.1, 0.15) is 11.4 Å². The zero-order valence-electron chi connectivity index (χ0n) is 6.50. The van der Waals surface area contributed by atoms with Crippen LogP contribution in [0.15, 0.2) is 18.2 Å². The Morgan fingerprint density at radius 1 is 1.50 bits per heavy atom. The minimum absolute atomic E-state index is 0. The van der Waals surface area contributed by atoms with Gasteiger partial charge in [-0.3, -0.25) is 5.84 Å². The lowest BCUT2D eigenvalue weighted by molar-refractivity contribution is 0.413. The van der Waals surface area contributed by atoms with Crippen LogP contribution in [0.2, 0.25) is 0 Å². The van der Waals surface area contributed by atoms with E-state index < -0.39 is 5.82 Å². The quantitative estimate of drug-likeness (QED) is 0.607. The van der Waals surface area contributed by atoms with E-state index in [9.17, 15) is 4.39 Å². The van der Waals surface area contributed by atoms with Crippen molar-refractivity contribution in [2.45, 2.75) is 0 Å². The first-order valence-electron chi connectivity index (χ1n) is 3.08. The fourth-order valence-corrected chi connectivity index (χ4v) is 0.815. The number of nitrogens with two attached hydrogens (primary N) is 1. The third-order valence-electron chi connectivity index (χ3n) is 1.34. The Bertz CT molecular complexity index is 257. The molecule has 0 heterocycles. The van der Waals surface area contributed by atoms with Crippen LogP contribution in [0.1, 0.15) is 0 Å². The molecule has 0 aliphatic heterocycles. The fourth-order valence-electron chi connectivity index (χ4n) is 0.815. The van der Waals surface area contributed by atoms with Gasteiger partial charge >= 0.3 is 0 Å². The summed E-state index contributed by atoms with van der Waals surface area (Å²) in [6.45, 7) is 0. The number of benzene rings is 1. The number of rotatable bonds is 2. The Kier molecular flexibility index (Phi) is 4.61. The van der Waals surface area contributed by atoms with Crippen molar-refractivity contribution in [2.24, 2.45) is 5.84 Å². The number of halogens is 2. The molecule has 68 valence electrons. The molecule has 0 aliphatic carbocycles. The van der Waals surface area contributed by atoms with E-state index in [1.54, 1.807) is 12.1 Å². The Labute approximate surface area is 80.4 Å². The normalized spacial score (nSPS) is 8.58. The summed E-state index contributed by atoms with van der Waals surface area (Å²) in [5, 5.41) is 0. The second-order valence-electron chi connectivity index (χ2n) is 1.96. The van der Waals surface area contributed by atoms with Crippen LogP contribution in [0.5, 0.6) is 5.75 Å². The largest absolute Gasteiger partial charge is 0.494 e. The molecular formula is C7H10BrFN2O. The number of methoxy groups -OCH3 is 1. The molecule has 0 bridgehead atoms. The Morgan fingerprint density at radius 2 is 2.17 bits per heavy atom. The maximum Gasteiger partial charge on any atom is 0.151 e. The van der Waals surface area contributed by atoms with E-state index in [0.29, 0.717) is 5.75 Å². The topological polar surface area (TPSA) is 47.3 Å². The monoisotopic (exact) mass is 236 g/mol. The van der Waals surface area contributed by atoms with Crippen molar-refractivity contribution >= 4 is 22.7 Å². The molecule has 0 unspecified atom stereocenters. The molecule has 0 spiro atoms. The highest BCUT2D eigenvalue weighted by Crippen LogP contribution is 2.25. The third kappa shape index (κ3) is 2.09. The fraction of sp³-hybridized carbons (Fsp3) is 0.143. The first-order chi connectivity index (χ1) is 5.29. The van der Waals surface area contributed by atoms with Crippen LogP contribution in [-0.4, -0.2) is 7.11 Å². The first-order valence-corrected chi connectivity index (χ1v) is 3.08. The van der Waals surface area contributed by atoms with E-state index in [1.807, 2.05) is 0 Å². The number of hydrazine groups is 1. The molecular weight excluding hydrogens is 227 g/mol. The minimum atomic E-state index is -0.424. The highest BCUT2D eigenvalue weighted by Gasteiger charge is 2.05. The van der Waals surface area contributed by atoms with Crippen molar-refractivity contribution in [1.29, 1.82) is 0 Å². The van der Waals surface area contributed by atoms with Gasteiger partial charge in [0.25, 0.3) is 0 Å². The molecule has 1 aromatic rings. The van der Waals surface area contributed by atoms with Crippen LogP contribution in [0.4, 0.5) is 10.1 Å². The van der Waals surface area contributed by atoms with Crippen LogP contribution in [-0.2, 0) is 0 Å².